The number of hydrogen-bond donors (Lipinski definition) is 1. The number of aromatic amines is 1. The molecule has 3 heterocycles. The number of rotatable bonds is 2. The van der Waals surface area contributed by atoms with Crippen LogP contribution in [0.15, 0.2) is 42.7 Å². The molecule has 21 heavy (non-hydrogen) atoms. The Labute approximate surface area is 123 Å². The number of fused-ring (bicyclic) bond motifs is 1. The molecule has 1 aliphatic rings. The summed E-state index contributed by atoms with van der Waals surface area (Å²) in [5.74, 6) is 0. The highest BCUT2D eigenvalue weighted by Gasteiger charge is 2.34. The van der Waals surface area contributed by atoms with Crippen molar-refractivity contribution in [1.29, 1.82) is 0 Å². The summed E-state index contributed by atoms with van der Waals surface area (Å²) < 4.78 is 0. The van der Waals surface area contributed by atoms with Gasteiger partial charge < -0.3 is 9.88 Å². The molecule has 1 fully saturated rings. The minimum absolute atomic E-state index is 0.430. The Bertz CT molecular complexity index is 795. The SMILES string of the molecule is CC1(C)CN(c2cccc(-c3cnc4[nH]ccc4n3)c2)C1. The molecule has 0 bridgehead atoms. The van der Waals surface area contributed by atoms with Gasteiger partial charge in [-0.25, -0.2) is 9.97 Å². The molecule has 2 aromatic heterocycles. The molecule has 4 heteroatoms. The van der Waals surface area contributed by atoms with E-state index in [4.69, 9.17) is 0 Å². The molecule has 0 atom stereocenters. The largest absolute Gasteiger partial charge is 0.370 e. The number of hydrogen-bond acceptors (Lipinski definition) is 3. The zero-order valence-electron chi connectivity index (χ0n) is 12.3. The first-order valence-corrected chi connectivity index (χ1v) is 7.26. The number of nitrogens with one attached hydrogen (secondary N) is 1. The quantitative estimate of drug-likeness (QED) is 0.780. The van der Waals surface area contributed by atoms with E-state index in [9.17, 15) is 0 Å². The van der Waals surface area contributed by atoms with Crippen LogP contribution in [0.5, 0.6) is 0 Å². The lowest BCUT2D eigenvalue weighted by Crippen LogP contribution is -2.53. The Balaban J connectivity index is 1.68. The van der Waals surface area contributed by atoms with Crippen molar-refractivity contribution < 1.29 is 0 Å². The van der Waals surface area contributed by atoms with Gasteiger partial charge >= 0.3 is 0 Å². The minimum atomic E-state index is 0.430. The number of anilines is 1. The first-order chi connectivity index (χ1) is 10.1. The summed E-state index contributed by atoms with van der Waals surface area (Å²) in [5.41, 5.74) is 5.47. The molecule has 0 aliphatic carbocycles. The van der Waals surface area contributed by atoms with Crippen LogP contribution in [0.2, 0.25) is 0 Å². The Kier molecular flexibility index (Phi) is 2.55. The smallest absolute Gasteiger partial charge is 0.156 e. The maximum Gasteiger partial charge on any atom is 0.156 e. The van der Waals surface area contributed by atoms with Crippen molar-refractivity contribution >= 4 is 16.9 Å². The zero-order chi connectivity index (χ0) is 14.4. The molecule has 0 unspecified atom stereocenters. The molecule has 106 valence electrons. The third kappa shape index (κ3) is 2.17. The van der Waals surface area contributed by atoms with E-state index in [1.807, 2.05) is 18.5 Å². The molecule has 0 amide bonds. The molecule has 1 saturated heterocycles. The van der Waals surface area contributed by atoms with Crippen molar-refractivity contribution in [3.8, 4) is 11.3 Å². The van der Waals surface area contributed by atoms with Crippen LogP contribution in [0.3, 0.4) is 0 Å². The molecule has 4 rings (SSSR count). The molecule has 1 aromatic carbocycles. The van der Waals surface area contributed by atoms with Crippen LogP contribution < -0.4 is 4.90 Å². The highest BCUT2D eigenvalue weighted by Crippen LogP contribution is 2.34. The van der Waals surface area contributed by atoms with E-state index in [0.29, 0.717) is 5.41 Å². The Morgan fingerprint density at radius 2 is 2.05 bits per heavy atom. The van der Waals surface area contributed by atoms with Crippen molar-refractivity contribution in [2.75, 3.05) is 18.0 Å². The molecule has 0 saturated carbocycles. The summed E-state index contributed by atoms with van der Waals surface area (Å²) in [5, 5.41) is 0. The van der Waals surface area contributed by atoms with Crippen LogP contribution in [0.25, 0.3) is 22.4 Å². The second-order valence-electron chi connectivity index (χ2n) is 6.54. The van der Waals surface area contributed by atoms with Crippen LogP contribution in [0.4, 0.5) is 5.69 Å². The summed E-state index contributed by atoms with van der Waals surface area (Å²) in [6, 6.07) is 10.5. The zero-order valence-corrected chi connectivity index (χ0v) is 12.3. The van der Waals surface area contributed by atoms with E-state index in [2.05, 4.69) is 58.0 Å². The van der Waals surface area contributed by atoms with E-state index in [1.165, 1.54) is 5.69 Å². The normalized spacial score (nSPS) is 17.0. The average molecular weight is 278 g/mol. The second-order valence-corrected chi connectivity index (χ2v) is 6.54. The Hall–Kier alpha value is -2.36. The van der Waals surface area contributed by atoms with Crippen LogP contribution >= 0.6 is 0 Å². The van der Waals surface area contributed by atoms with Gasteiger partial charge in [-0.2, -0.15) is 0 Å². The molecule has 0 radical (unpaired) electrons. The van der Waals surface area contributed by atoms with E-state index in [0.717, 1.165) is 35.5 Å². The lowest BCUT2D eigenvalue weighted by molar-refractivity contribution is 0.276. The first-order valence-electron chi connectivity index (χ1n) is 7.26. The summed E-state index contributed by atoms with van der Waals surface area (Å²) in [6.45, 7) is 6.83. The van der Waals surface area contributed by atoms with Crippen molar-refractivity contribution in [1.82, 2.24) is 15.0 Å². The van der Waals surface area contributed by atoms with Gasteiger partial charge in [-0.3, -0.25) is 0 Å². The van der Waals surface area contributed by atoms with Gasteiger partial charge in [0.25, 0.3) is 0 Å². The molecule has 3 aromatic rings. The molecule has 1 N–H and O–H groups in total. The predicted molar refractivity (Wildman–Crippen MR) is 85.3 cm³/mol. The highest BCUT2D eigenvalue weighted by atomic mass is 15.2. The van der Waals surface area contributed by atoms with Gasteiger partial charge in [0.15, 0.2) is 5.65 Å². The van der Waals surface area contributed by atoms with Gasteiger partial charge in [0.1, 0.15) is 5.52 Å². The second kappa shape index (κ2) is 4.32. The van der Waals surface area contributed by atoms with Gasteiger partial charge in [0, 0.05) is 30.5 Å². The first kappa shape index (κ1) is 12.4. The Morgan fingerprint density at radius 3 is 2.86 bits per heavy atom. The molecule has 0 spiro atoms. The topological polar surface area (TPSA) is 44.8 Å². The maximum atomic E-state index is 4.67. The van der Waals surface area contributed by atoms with Crippen LogP contribution in [-0.4, -0.2) is 28.0 Å². The number of nitrogens with zero attached hydrogens (tertiary/aromatic N) is 3. The molecular formula is C17H18N4. The fourth-order valence-electron chi connectivity index (χ4n) is 3.00. The van der Waals surface area contributed by atoms with Crippen molar-refractivity contribution in [3.05, 3.63) is 42.7 Å². The van der Waals surface area contributed by atoms with Gasteiger partial charge in [-0.1, -0.05) is 26.0 Å². The lowest BCUT2D eigenvalue weighted by Gasteiger charge is -2.47. The third-order valence-corrected chi connectivity index (χ3v) is 4.01. The van der Waals surface area contributed by atoms with E-state index < -0.39 is 0 Å². The van der Waals surface area contributed by atoms with Crippen LogP contribution in [0.1, 0.15) is 13.8 Å². The summed E-state index contributed by atoms with van der Waals surface area (Å²) in [7, 11) is 0. The number of aromatic nitrogens is 3. The summed E-state index contributed by atoms with van der Waals surface area (Å²) >= 11 is 0. The average Bonchev–Trinajstić information content (AvgIpc) is 2.92. The third-order valence-electron chi connectivity index (χ3n) is 4.01. The fraction of sp³-hybridized carbons (Fsp3) is 0.294. The van der Waals surface area contributed by atoms with Crippen LogP contribution in [-0.2, 0) is 0 Å². The lowest BCUT2D eigenvalue weighted by atomic mass is 9.84. The highest BCUT2D eigenvalue weighted by molar-refractivity contribution is 5.75. The van der Waals surface area contributed by atoms with E-state index in [-0.39, 0.29) is 0 Å². The minimum Gasteiger partial charge on any atom is -0.370 e. The van der Waals surface area contributed by atoms with Gasteiger partial charge in [0.05, 0.1) is 11.9 Å². The van der Waals surface area contributed by atoms with Gasteiger partial charge in [-0.15, -0.1) is 0 Å². The molecule has 4 nitrogen and oxygen atoms in total. The summed E-state index contributed by atoms with van der Waals surface area (Å²) in [6.07, 6.45) is 3.70. The maximum absolute atomic E-state index is 4.67. The van der Waals surface area contributed by atoms with Gasteiger partial charge in [-0.05, 0) is 23.6 Å². The van der Waals surface area contributed by atoms with Crippen molar-refractivity contribution in [2.45, 2.75) is 13.8 Å². The standard InChI is InChI=1S/C17H18N4/c1-17(2)10-21(11-17)13-5-3-4-12(8-13)15-9-19-16-14(20-15)6-7-18-16/h3-9H,10-11H2,1-2H3,(H,18,19). The number of benzene rings is 1. The summed E-state index contributed by atoms with van der Waals surface area (Å²) in [4.78, 5) is 14.6. The fourth-order valence-corrected chi connectivity index (χ4v) is 3.00. The van der Waals surface area contributed by atoms with E-state index >= 15 is 0 Å². The Morgan fingerprint density at radius 1 is 1.19 bits per heavy atom. The predicted octanol–water partition coefficient (Wildman–Crippen LogP) is 3.47. The van der Waals surface area contributed by atoms with Gasteiger partial charge in [0.2, 0.25) is 0 Å². The van der Waals surface area contributed by atoms with Crippen molar-refractivity contribution in [2.24, 2.45) is 5.41 Å². The number of H-pyrrole nitrogens is 1. The monoisotopic (exact) mass is 278 g/mol. The van der Waals surface area contributed by atoms with Crippen LogP contribution in [0, 0.1) is 5.41 Å². The van der Waals surface area contributed by atoms with E-state index in [1.54, 1.807) is 0 Å². The van der Waals surface area contributed by atoms with Crippen molar-refractivity contribution in [3.63, 3.8) is 0 Å². The molecule has 1 aliphatic heterocycles. The molecular weight excluding hydrogens is 260 g/mol.